The first-order valence-corrected chi connectivity index (χ1v) is 8.04. The fraction of sp³-hybridized carbons (Fsp3) is 0.0667. The van der Waals surface area contributed by atoms with Crippen LogP contribution < -0.4 is 4.90 Å². The van der Waals surface area contributed by atoms with Gasteiger partial charge in [0.05, 0.1) is 15.8 Å². The van der Waals surface area contributed by atoms with Crippen LogP contribution in [0.5, 0.6) is 0 Å². The van der Waals surface area contributed by atoms with Crippen LogP contribution in [0.3, 0.4) is 0 Å². The van der Waals surface area contributed by atoms with E-state index in [1.54, 1.807) is 7.05 Å². The molecule has 0 radical (unpaired) electrons. The first-order chi connectivity index (χ1) is 10.1. The third kappa shape index (κ3) is 2.77. The molecule has 0 N–H and O–H groups in total. The van der Waals surface area contributed by atoms with Gasteiger partial charge in [-0.2, -0.15) is 0 Å². The molecule has 0 aliphatic rings. The predicted octanol–water partition coefficient (Wildman–Crippen LogP) is 4.32. The Balaban J connectivity index is 1.97. The molecule has 0 aliphatic heterocycles. The SMILES string of the molecule is CN(C(=O)c1ccc(F)cc1I)c1nc2ccccc2s1. The summed E-state index contributed by atoms with van der Waals surface area (Å²) in [5.41, 5.74) is 1.34. The van der Waals surface area contributed by atoms with Crippen molar-refractivity contribution in [1.29, 1.82) is 0 Å². The number of hydrogen-bond acceptors (Lipinski definition) is 3. The Morgan fingerprint density at radius 3 is 2.76 bits per heavy atom. The minimum atomic E-state index is -0.349. The molecular weight excluding hydrogens is 402 g/mol. The van der Waals surface area contributed by atoms with Gasteiger partial charge in [0.15, 0.2) is 5.13 Å². The molecule has 0 saturated heterocycles. The third-order valence-electron chi connectivity index (χ3n) is 3.04. The number of hydrogen-bond donors (Lipinski definition) is 0. The second-order valence-electron chi connectivity index (χ2n) is 4.45. The number of anilines is 1. The first-order valence-electron chi connectivity index (χ1n) is 6.15. The summed E-state index contributed by atoms with van der Waals surface area (Å²) >= 11 is 3.42. The summed E-state index contributed by atoms with van der Waals surface area (Å²) in [7, 11) is 1.68. The van der Waals surface area contributed by atoms with Crippen LogP contribution in [0.15, 0.2) is 42.5 Å². The predicted molar refractivity (Wildman–Crippen MR) is 91.5 cm³/mol. The number of carbonyl (C=O) groups is 1. The van der Waals surface area contributed by atoms with Gasteiger partial charge in [-0.3, -0.25) is 9.69 Å². The second-order valence-corrected chi connectivity index (χ2v) is 6.62. The summed E-state index contributed by atoms with van der Waals surface area (Å²) in [6.07, 6.45) is 0. The van der Waals surface area contributed by atoms with Crippen molar-refractivity contribution in [3.05, 3.63) is 57.4 Å². The Bertz CT molecular complexity index is 800. The number of thiazole rings is 1. The summed E-state index contributed by atoms with van der Waals surface area (Å²) in [6, 6.07) is 11.9. The smallest absolute Gasteiger partial charge is 0.260 e. The lowest BCUT2D eigenvalue weighted by Crippen LogP contribution is -2.26. The minimum absolute atomic E-state index is 0.196. The molecule has 3 aromatic rings. The molecule has 1 heterocycles. The number of nitrogens with zero attached hydrogens (tertiary/aromatic N) is 2. The average Bonchev–Trinajstić information content (AvgIpc) is 2.89. The zero-order valence-electron chi connectivity index (χ0n) is 11.0. The average molecular weight is 412 g/mol. The Morgan fingerprint density at radius 1 is 1.29 bits per heavy atom. The van der Waals surface area contributed by atoms with E-state index in [0.29, 0.717) is 14.3 Å². The summed E-state index contributed by atoms with van der Waals surface area (Å²) in [5, 5.41) is 0.626. The summed E-state index contributed by atoms with van der Waals surface area (Å²) in [6.45, 7) is 0. The van der Waals surface area contributed by atoms with E-state index in [1.807, 2.05) is 46.9 Å². The Kier molecular flexibility index (Phi) is 3.90. The molecule has 2 aromatic carbocycles. The highest BCUT2D eigenvalue weighted by molar-refractivity contribution is 14.1. The van der Waals surface area contributed by atoms with Crippen molar-refractivity contribution >= 4 is 55.2 Å². The van der Waals surface area contributed by atoms with E-state index in [1.165, 1.54) is 34.4 Å². The number of halogens is 2. The molecule has 0 atom stereocenters. The largest absolute Gasteiger partial charge is 0.287 e. The lowest BCUT2D eigenvalue weighted by Gasteiger charge is -2.14. The molecule has 6 heteroatoms. The number of para-hydroxylation sites is 1. The van der Waals surface area contributed by atoms with Gasteiger partial charge in [-0.1, -0.05) is 23.5 Å². The number of aromatic nitrogens is 1. The molecule has 0 bridgehead atoms. The standard InChI is InChI=1S/C15H10FIN2OS/c1-19(14(20)10-7-6-9(16)8-11(10)17)15-18-12-4-2-3-5-13(12)21-15/h2-8H,1H3. The van der Waals surface area contributed by atoms with Gasteiger partial charge < -0.3 is 0 Å². The van der Waals surface area contributed by atoms with Crippen molar-refractivity contribution in [2.75, 3.05) is 11.9 Å². The van der Waals surface area contributed by atoms with Crippen LogP contribution in [-0.4, -0.2) is 17.9 Å². The van der Waals surface area contributed by atoms with Crippen molar-refractivity contribution in [3.63, 3.8) is 0 Å². The fourth-order valence-electron chi connectivity index (χ4n) is 1.93. The van der Waals surface area contributed by atoms with E-state index in [9.17, 15) is 9.18 Å². The molecular formula is C15H10FIN2OS. The van der Waals surface area contributed by atoms with Crippen molar-refractivity contribution in [1.82, 2.24) is 4.98 Å². The normalized spacial score (nSPS) is 10.8. The highest BCUT2D eigenvalue weighted by Gasteiger charge is 2.19. The number of amides is 1. The quantitative estimate of drug-likeness (QED) is 0.588. The van der Waals surface area contributed by atoms with Gasteiger partial charge in [0.1, 0.15) is 5.82 Å². The van der Waals surface area contributed by atoms with Gasteiger partial charge in [0.2, 0.25) is 0 Å². The number of rotatable bonds is 2. The maximum Gasteiger partial charge on any atom is 0.260 e. The maximum atomic E-state index is 13.1. The van der Waals surface area contributed by atoms with Gasteiger partial charge in [0.25, 0.3) is 5.91 Å². The Morgan fingerprint density at radius 2 is 2.05 bits per heavy atom. The van der Waals surface area contributed by atoms with Crippen molar-refractivity contribution < 1.29 is 9.18 Å². The zero-order valence-corrected chi connectivity index (χ0v) is 14.0. The summed E-state index contributed by atoms with van der Waals surface area (Å²) < 4.78 is 14.8. The van der Waals surface area contributed by atoms with Crippen molar-refractivity contribution in [2.24, 2.45) is 0 Å². The van der Waals surface area contributed by atoms with E-state index >= 15 is 0 Å². The van der Waals surface area contributed by atoms with E-state index in [2.05, 4.69) is 4.98 Å². The summed E-state index contributed by atoms with van der Waals surface area (Å²) in [4.78, 5) is 18.5. The molecule has 1 aromatic heterocycles. The molecule has 1 amide bonds. The topological polar surface area (TPSA) is 33.2 Å². The lowest BCUT2D eigenvalue weighted by atomic mass is 10.2. The Hall–Kier alpha value is -1.54. The molecule has 3 nitrogen and oxygen atoms in total. The van der Waals surface area contributed by atoms with Crippen LogP contribution in [0, 0.1) is 9.39 Å². The number of benzene rings is 2. The van der Waals surface area contributed by atoms with Gasteiger partial charge in [0, 0.05) is 10.6 Å². The van der Waals surface area contributed by atoms with Gasteiger partial charge >= 0.3 is 0 Å². The van der Waals surface area contributed by atoms with Crippen LogP contribution >= 0.6 is 33.9 Å². The van der Waals surface area contributed by atoms with Crippen LogP contribution in [0.25, 0.3) is 10.2 Å². The van der Waals surface area contributed by atoms with Gasteiger partial charge in [-0.25, -0.2) is 9.37 Å². The van der Waals surface area contributed by atoms with Crippen LogP contribution in [0.1, 0.15) is 10.4 Å². The molecule has 0 saturated carbocycles. The van der Waals surface area contributed by atoms with Crippen molar-refractivity contribution in [3.8, 4) is 0 Å². The molecule has 106 valence electrons. The van der Waals surface area contributed by atoms with Crippen LogP contribution in [0.2, 0.25) is 0 Å². The van der Waals surface area contributed by atoms with E-state index < -0.39 is 0 Å². The van der Waals surface area contributed by atoms with Gasteiger partial charge in [-0.05, 0) is 52.9 Å². The third-order valence-corrected chi connectivity index (χ3v) is 5.04. The van der Waals surface area contributed by atoms with E-state index in [-0.39, 0.29) is 11.7 Å². The molecule has 0 fully saturated rings. The van der Waals surface area contributed by atoms with Gasteiger partial charge in [-0.15, -0.1) is 0 Å². The van der Waals surface area contributed by atoms with Crippen LogP contribution in [-0.2, 0) is 0 Å². The van der Waals surface area contributed by atoms with E-state index in [4.69, 9.17) is 0 Å². The molecule has 0 aliphatic carbocycles. The van der Waals surface area contributed by atoms with Crippen molar-refractivity contribution in [2.45, 2.75) is 0 Å². The molecule has 0 spiro atoms. The summed E-state index contributed by atoms with van der Waals surface area (Å²) in [5.74, 6) is -0.544. The lowest BCUT2D eigenvalue weighted by molar-refractivity contribution is 0.0992. The molecule has 0 unspecified atom stereocenters. The zero-order chi connectivity index (χ0) is 15.0. The highest BCUT2D eigenvalue weighted by atomic mass is 127. The minimum Gasteiger partial charge on any atom is -0.287 e. The molecule has 3 rings (SSSR count). The van der Waals surface area contributed by atoms with E-state index in [0.717, 1.165) is 10.2 Å². The maximum absolute atomic E-state index is 13.1. The number of carbonyl (C=O) groups excluding carboxylic acids is 1. The Labute approximate surface area is 138 Å². The second kappa shape index (κ2) is 5.69. The number of fused-ring (bicyclic) bond motifs is 1. The highest BCUT2D eigenvalue weighted by Crippen LogP contribution is 2.29. The monoisotopic (exact) mass is 412 g/mol. The fourth-order valence-corrected chi connectivity index (χ4v) is 3.57. The first kappa shape index (κ1) is 14.4. The molecule has 21 heavy (non-hydrogen) atoms. The van der Waals surface area contributed by atoms with Crippen LogP contribution in [0.4, 0.5) is 9.52 Å².